The molecule has 1 unspecified atom stereocenters. The number of amides is 1. The Morgan fingerprint density at radius 1 is 1.33 bits per heavy atom. The van der Waals surface area contributed by atoms with Crippen LogP contribution in [0.25, 0.3) is 0 Å². The molecule has 0 fully saturated rings. The molecule has 0 aliphatic rings. The molecular formula is C14H19ClN4O2. The third-order valence-corrected chi connectivity index (χ3v) is 2.83. The molecule has 1 aromatic heterocycles. The van der Waals surface area contributed by atoms with Crippen molar-refractivity contribution in [2.24, 2.45) is 5.73 Å². The predicted molar refractivity (Wildman–Crippen MR) is 81.0 cm³/mol. The van der Waals surface area contributed by atoms with Crippen molar-refractivity contribution in [3.8, 4) is 0 Å². The lowest BCUT2D eigenvalue weighted by molar-refractivity contribution is -0.122. The quantitative estimate of drug-likeness (QED) is 0.875. The summed E-state index contributed by atoms with van der Waals surface area (Å²) in [7, 11) is 0. The van der Waals surface area contributed by atoms with E-state index in [0.29, 0.717) is 18.1 Å². The second-order valence-electron chi connectivity index (χ2n) is 4.73. The highest BCUT2D eigenvalue weighted by Gasteiger charge is 2.18. The first-order valence-electron chi connectivity index (χ1n) is 6.48. The van der Waals surface area contributed by atoms with E-state index >= 15 is 0 Å². The van der Waals surface area contributed by atoms with Crippen LogP contribution in [0.2, 0.25) is 0 Å². The molecule has 0 radical (unpaired) electrons. The molecule has 0 saturated heterocycles. The van der Waals surface area contributed by atoms with E-state index in [4.69, 9.17) is 10.3 Å². The molecule has 114 valence electrons. The second kappa shape index (κ2) is 7.75. The van der Waals surface area contributed by atoms with Crippen LogP contribution in [0.4, 0.5) is 0 Å². The van der Waals surface area contributed by atoms with Crippen LogP contribution in [-0.2, 0) is 11.2 Å². The summed E-state index contributed by atoms with van der Waals surface area (Å²) in [4.78, 5) is 15.8. The molecule has 2 aromatic rings. The number of carbonyl (C=O) groups is 1. The summed E-state index contributed by atoms with van der Waals surface area (Å²) >= 11 is 0. The first-order valence-corrected chi connectivity index (χ1v) is 6.48. The molecule has 1 amide bonds. The van der Waals surface area contributed by atoms with Crippen LogP contribution in [0.15, 0.2) is 34.9 Å². The van der Waals surface area contributed by atoms with Crippen molar-refractivity contribution in [1.82, 2.24) is 15.5 Å². The zero-order valence-corrected chi connectivity index (χ0v) is 12.8. The van der Waals surface area contributed by atoms with Gasteiger partial charge in [-0.15, -0.1) is 12.4 Å². The zero-order chi connectivity index (χ0) is 14.5. The van der Waals surface area contributed by atoms with E-state index in [0.717, 1.165) is 5.56 Å². The van der Waals surface area contributed by atoms with E-state index < -0.39 is 6.04 Å². The molecule has 1 aromatic carbocycles. The largest absolute Gasteiger partial charge is 0.343 e. The van der Waals surface area contributed by atoms with Crippen LogP contribution in [-0.4, -0.2) is 22.1 Å². The van der Waals surface area contributed by atoms with Crippen molar-refractivity contribution in [3.63, 3.8) is 0 Å². The average molecular weight is 311 g/mol. The van der Waals surface area contributed by atoms with Gasteiger partial charge in [0.2, 0.25) is 11.8 Å². The Hall–Kier alpha value is -1.92. The van der Waals surface area contributed by atoms with Gasteiger partial charge < -0.3 is 15.6 Å². The molecule has 3 N–H and O–H groups in total. The number of rotatable bonds is 5. The van der Waals surface area contributed by atoms with Crippen LogP contribution < -0.4 is 11.1 Å². The van der Waals surface area contributed by atoms with Gasteiger partial charge >= 0.3 is 0 Å². The first-order chi connectivity index (χ1) is 9.56. The van der Waals surface area contributed by atoms with Crippen molar-refractivity contribution >= 4 is 18.3 Å². The Balaban J connectivity index is 0.00000220. The van der Waals surface area contributed by atoms with Crippen molar-refractivity contribution in [3.05, 3.63) is 47.6 Å². The van der Waals surface area contributed by atoms with E-state index in [2.05, 4.69) is 15.5 Å². The number of hydrogen-bond donors (Lipinski definition) is 2. The van der Waals surface area contributed by atoms with Gasteiger partial charge in [0, 0.05) is 6.42 Å². The molecule has 0 bridgehead atoms. The van der Waals surface area contributed by atoms with Gasteiger partial charge in [0.15, 0.2) is 5.82 Å². The topological polar surface area (TPSA) is 94.0 Å². The summed E-state index contributed by atoms with van der Waals surface area (Å²) in [5.74, 6) is 0.721. The number of halogens is 1. The normalized spacial score (nSPS) is 13.1. The van der Waals surface area contributed by atoms with Crippen LogP contribution >= 0.6 is 12.4 Å². The molecular weight excluding hydrogens is 292 g/mol. The Morgan fingerprint density at radius 3 is 2.62 bits per heavy atom. The van der Waals surface area contributed by atoms with Gasteiger partial charge in [-0.3, -0.25) is 4.79 Å². The summed E-state index contributed by atoms with van der Waals surface area (Å²) in [5.41, 5.74) is 6.59. The fourth-order valence-electron chi connectivity index (χ4n) is 1.70. The fraction of sp³-hybridized carbons (Fsp3) is 0.357. The van der Waals surface area contributed by atoms with E-state index in [-0.39, 0.29) is 24.4 Å². The van der Waals surface area contributed by atoms with Gasteiger partial charge in [-0.05, 0) is 19.4 Å². The van der Waals surface area contributed by atoms with E-state index in [1.807, 2.05) is 30.3 Å². The van der Waals surface area contributed by atoms with E-state index in [9.17, 15) is 4.79 Å². The first kappa shape index (κ1) is 17.1. The predicted octanol–water partition coefficient (Wildman–Crippen LogP) is 1.61. The lowest BCUT2D eigenvalue weighted by Crippen LogP contribution is -2.39. The molecule has 2 rings (SSSR count). The Labute approximate surface area is 129 Å². The van der Waals surface area contributed by atoms with Crippen LogP contribution in [0.1, 0.15) is 37.2 Å². The lowest BCUT2D eigenvalue weighted by atomic mass is 10.1. The third kappa shape index (κ3) is 4.84. The third-order valence-electron chi connectivity index (χ3n) is 2.83. The number of nitrogens with two attached hydrogens (primary N) is 1. The monoisotopic (exact) mass is 310 g/mol. The summed E-state index contributed by atoms with van der Waals surface area (Å²) in [6.07, 6.45) is 0.596. The summed E-state index contributed by atoms with van der Waals surface area (Å²) < 4.78 is 5.16. The van der Waals surface area contributed by atoms with Crippen molar-refractivity contribution in [2.75, 3.05) is 0 Å². The Morgan fingerprint density at radius 2 is 2.00 bits per heavy atom. The molecule has 6 nitrogen and oxygen atoms in total. The van der Waals surface area contributed by atoms with Crippen molar-refractivity contribution in [2.45, 2.75) is 32.4 Å². The van der Waals surface area contributed by atoms with Crippen molar-refractivity contribution < 1.29 is 9.32 Å². The smallest absolute Gasteiger partial charge is 0.248 e. The van der Waals surface area contributed by atoms with Crippen LogP contribution in [0.3, 0.4) is 0 Å². The molecule has 7 heteroatoms. The number of aromatic nitrogens is 2. The van der Waals surface area contributed by atoms with Gasteiger partial charge in [0.05, 0.1) is 6.04 Å². The van der Waals surface area contributed by atoms with Gasteiger partial charge in [0.1, 0.15) is 6.04 Å². The summed E-state index contributed by atoms with van der Waals surface area (Å²) in [6, 6.07) is 8.95. The van der Waals surface area contributed by atoms with E-state index in [1.54, 1.807) is 13.8 Å². The molecule has 21 heavy (non-hydrogen) atoms. The maximum absolute atomic E-state index is 11.5. The fourth-order valence-corrected chi connectivity index (χ4v) is 1.70. The molecule has 0 aliphatic heterocycles. The van der Waals surface area contributed by atoms with Gasteiger partial charge in [-0.2, -0.15) is 4.98 Å². The minimum atomic E-state index is -0.566. The molecule has 0 aliphatic carbocycles. The van der Waals surface area contributed by atoms with Crippen LogP contribution in [0.5, 0.6) is 0 Å². The number of carbonyl (C=O) groups excluding carboxylic acids is 1. The lowest BCUT2D eigenvalue weighted by Gasteiger charge is -2.11. The SMILES string of the molecule is CC(NC(=O)[C@H](C)N)c1nc(Cc2ccccc2)no1.Cl. The average Bonchev–Trinajstić information content (AvgIpc) is 2.88. The Bertz CT molecular complexity index is 571. The molecule has 1 heterocycles. The number of benzene rings is 1. The molecule has 0 saturated carbocycles. The van der Waals surface area contributed by atoms with Gasteiger partial charge in [-0.25, -0.2) is 0 Å². The van der Waals surface area contributed by atoms with Gasteiger partial charge in [0.25, 0.3) is 0 Å². The minimum Gasteiger partial charge on any atom is -0.343 e. The van der Waals surface area contributed by atoms with Crippen molar-refractivity contribution in [1.29, 1.82) is 0 Å². The van der Waals surface area contributed by atoms with Crippen LogP contribution in [0, 0.1) is 0 Å². The molecule has 2 atom stereocenters. The number of hydrogen-bond acceptors (Lipinski definition) is 5. The zero-order valence-electron chi connectivity index (χ0n) is 11.9. The minimum absolute atomic E-state index is 0. The maximum atomic E-state index is 11.5. The Kier molecular flexibility index (Phi) is 6.33. The highest BCUT2D eigenvalue weighted by Crippen LogP contribution is 2.12. The standard InChI is InChI=1S/C14H18N4O2.ClH/c1-9(15)13(19)16-10(2)14-17-12(18-20-14)8-11-6-4-3-5-7-11;/h3-7,9-10H,8,15H2,1-2H3,(H,16,19);1H/t9-,10?;/m0./s1. The summed E-state index contributed by atoms with van der Waals surface area (Å²) in [6.45, 7) is 3.40. The molecule has 0 spiro atoms. The van der Waals surface area contributed by atoms with E-state index in [1.165, 1.54) is 0 Å². The maximum Gasteiger partial charge on any atom is 0.248 e. The van der Waals surface area contributed by atoms with Gasteiger partial charge in [-0.1, -0.05) is 35.5 Å². The summed E-state index contributed by atoms with van der Waals surface area (Å²) in [5, 5.41) is 6.63. The number of nitrogens with zero attached hydrogens (tertiary/aromatic N) is 2. The second-order valence-corrected chi connectivity index (χ2v) is 4.73. The highest BCUT2D eigenvalue weighted by atomic mass is 35.5. The number of nitrogens with one attached hydrogen (secondary N) is 1. The highest BCUT2D eigenvalue weighted by molar-refractivity contribution is 5.85.